The summed E-state index contributed by atoms with van der Waals surface area (Å²) in [5.74, 6) is 1.76. The summed E-state index contributed by atoms with van der Waals surface area (Å²) < 4.78 is 0. The third-order valence-corrected chi connectivity index (χ3v) is 4.68. The number of benzene rings is 1. The molecule has 0 unspecified atom stereocenters. The molecule has 0 aliphatic carbocycles. The van der Waals surface area contributed by atoms with Crippen LogP contribution in [0.4, 0.5) is 11.8 Å². The van der Waals surface area contributed by atoms with Crippen molar-refractivity contribution in [1.29, 1.82) is 0 Å². The van der Waals surface area contributed by atoms with Gasteiger partial charge in [-0.05, 0) is 11.6 Å². The Morgan fingerprint density at radius 2 is 1.96 bits per heavy atom. The predicted molar refractivity (Wildman–Crippen MR) is 99.9 cm³/mol. The summed E-state index contributed by atoms with van der Waals surface area (Å²) in [5.41, 5.74) is 2.46. The highest BCUT2D eigenvalue weighted by molar-refractivity contribution is 5.81. The smallest absolute Gasteiger partial charge is 0.226 e. The van der Waals surface area contributed by atoms with Crippen LogP contribution in [0.5, 0.6) is 0 Å². The number of H-pyrrole nitrogens is 1. The second-order valence-electron chi connectivity index (χ2n) is 6.62. The van der Waals surface area contributed by atoms with Crippen LogP contribution in [-0.4, -0.2) is 65.3 Å². The van der Waals surface area contributed by atoms with E-state index in [0.29, 0.717) is 0 Å². The van der Waals surface area contributed by atoms with Gasteiger partial charge in [-0.2, -0.15) is 10.1 Å². The summed E-state index contributed by atoms with van der Waals surface area (Å²) >= 11 is 0. The van der Waals surface area contributed by atoms with Crippen molar-refractivity contribution < 1.29 is 0 Å². The first-order chi connectivity index (χ1) is 12.2. The van der Waals surface area contributed by atoms with Crippen LogP contribution < -0.4 is 9.80 Å². The van der Waals surface area contributed by atoms with Crippen LogP contribution in [0.3, 0.4) is 0 Å². The lowest BCUT2D eigenvalue weighted by molar-refractivity contribution is 0.250. The normalized spacial score (nSPS) is 15.7. The molecule has 7 nitrogen and oxygen atoms in total. The molecule has 3 aromatic rings. The molecule has 3 heterocycles. The van der Waals surface area contributed by atoms with E-state index in [2.05, 4.69) is 48.2 Å². The molecular formula is C18H23N7. The topological polar surface area (TPSA) is 64.2 Å². The minimum absolute atomic E-state index is 0.755. The Hall–Kier alpha value is -2.67. The van der Waals surface area contributed by atoms with E-state index in [-0.39, 0.29) is 0 Å². The van der Waals surface area contributed by atoms with E-state index in [1.54, 1.807) is 0 Å². The number of aromatic amines is 1. The van der Waals surface area contributed by atoms with E-state index < -0.39 is 0 Å². The van der Waals surface area contributed by atoms with E-state index in [1.807, 2.05) is 37.5 Å². The second-order valence-corrected chi connectivity index (χ2v) is 6.62. The van der Waals surface area contributed by atoms with Gasteiger partial charge in [0.15, 0.2) is 0 Å². The Morgan fingerprint density at radius 3 is 2.76 bits per heavy atom. The van der Waals surface area contributed by atoms with Crippen LogP contribution in [0, 0.1) is 0 Å². The van der Waals surface area contributed by atoms with Gasteiger partial charge in [0.2, 0.25) is 5.95 Å². The molecule has 0 amide bonds. The maximum Gasteiger partial charge on any atom is 0.226 e. The first-order valence-electron chi connectivity index (χ1n) is 8.59. The number of anilines is 2. The highest BCUT2D eigenvalue weighted by Crippen LogP contribution is 2.20. The fourth-order valence-corrected chi connectivity index (χ4v) is 3.27. The second kappa shape index (κ2) is 6.68. The fourth-order valence-electron chi connectivity index (χ4n) is 3.27. The van der Waals surface area contributed by atoms with Crippen molar-refractivity contribution in [1.82, 2.24) is 25.1 Å². The molecule has 0 atom stereocenters. The van der Waals surface area contributed by atoms with Crippen molar-refractivity contribution in [3.8, 4) is 0 Å². The monoisotopic (exact) mass is 337 g/mol. The van der Waals surface area contributed by atoms with Crippen LogP contribution >= 0.6 is 0 Å². The Kier molecular flexibility index (Phi) is 4.23. The van der Waals surface area contributed by atoms with Crippen molar-refractivity contribution in [2.45, 2.75) is 6.54 Å². The number of fused-ring (bicyclic) bond motifs is 1. The van der Waals surface area contributed by atoms with Crippen LogP contribution in [0.1, 0.15) is 5.56 Å². The quantitative estimate of drug-likeness (QED) is 0.782. The van der Waals surface area contributed by atoms with Gasteiger partial charge in [-0.25, -0.2) is 4.98 Å². The zero-order valence-corrected chi connectivity index (χ0v) is 14.7. The van der Waals surface area contributed by atoms with Crippen molar-refractivity contribution in [3.63, 3.8) is 0 Å². The lowest BCUT2D eigenvalue weighted by Crippen LogP contribution is -2.46. The van der Waals surface area contributed by atoms with Gasteiger partial charge in [-0.3, -0.25) is 10.00 Å². The number of nitrogens with one attached hydrogen (secondary N) is 1. The van der Waals surface area contributed by atoms with Crippen LogP contribution in [0.15, 0.2) is 36.7 Å². The molecule has 2 aromatic heterocycles. The largest absolute Gasteiger partial charge is 0.354 e. The summed E-state index contributed by atoms with van der Waals surface area (Å²) in [6, 6.07) is 8.37. The number of rotatable bonds is 4. The first-order valence-corrected chi connectivity index (χ1v) is 8.59. The van der Waals surface area contributed by atoms with E-state index >= 15 is 0 Å². The maximum atomic E-state index is 4.65. The number of piperazine rings is 1. The molecule has 1 saturated heterocycles. The first kappa shape index (κ1) is 15.8. The van der Waals surface area contributed by atoms with Gasteiger partial charge in [0, 0.05) is 58.4 Å². The van der Waals surface area contributed by atoms with Crippen molar-refractivity contribution >= 4 is 22.7 Å². The third kappa shape index (κ3) is 3.28. The van der Waals surface area contributed by atoms with Crippen LogP contribution in [-0.2, 0) is 6.54 Å². The summed E-state index contributed by atoms with van der Waals surface area (Å²) in [6.45, 7) is 4.93. The molecule has 1 aliphatic rings. The average molecular weight is 337 g/mol. The van der Waals surface area contributed by atoms with Gasteiger partial charge in [0.05, 0.1) is 11.7 Å². The molecule has 0 spiro atoms. The standard InChI is InChI=1S/C18H23N7/c1-23(2)18-19-7-6-16(21-18)25-10-8-24(9-11-25)13-15-5-3-4-14-12-20-22-17(14)15/h3-7,12H,8-11,13H2,1-2H3,(H,20,22). The molecule has 0 saturated carbocycles. The van der Waals surface area contributed by atoms with Gasteiger partial charge in [0.1, 0.15) is 5.82 Å². The molecule has 1 aromatic carbocycles. The number of nitrogens with zero attached hydrogens (tertiary/aromatic N) is 6. The SMILES string of the molecule is CN(C)c1nccc(N2CCN(Cc3cccc4cn[nH]c34)CC2)n1. The highest BCUT2D eigenvalue weighted by Gasteiger charge is 2.19. The molecule has 1 fully saturated rings. The van der Waals surface area contributed by atoms with E-state index in [9.17, 15) is 0 Å². The number of hydrogen-bond donors (Lipinski definition) is 1. The van der Waals surface area contributed by atoms with Crippen molar-refractivity contribution in [2.75, 3.05) is 50.1 Å². The summed E-state index contributed by atoms with van der Waals surface area (Å²) in [5, 5.41) is 8.45. The average Bonchev–Trinajstić information content (AvgIpc) is 3.12. The van der Waals surface area contributed by atoms with Gasteiger partial charge >= 0.3 is 0 Å². The minimum atomic E-state index is 0.755. The van der Waals surface area contributed by atoms with Gasteiger partial charge < -0.3 is 9.80 Å². The molecule has 4 rings (SSSR count). The van der Waals surface area contributed by atoms with E-state index in [1.165, 1.54) is 10.9 Å². The minimum Gasteiger partial charge on any atom is -0.354 e. The zero-order valence-electron chi connectivity index (χ0n) is 14.7. The Labute approximate surface area is 147 Å². The zero-order chi connectivity index (χ0) is 17.2. The summed E-state index contributed by atoms with van der Waals surface area (Å²) in [7, 11) is 3.93. The molecule has 0 radical (unpaired) electrons. The maximum absolute atomic E-state index is 4.65. The van der Waals surface area contributed by atoms with Gasteiger partial charge in [-0.15, -0.1) is 0 Å². The Morgan fingerprint density at radius 1 is 1.12 bits per heavy atom. The lowest BCUT2D eigenvalue weighted by Gasteiger charge is -2.35. The molecule has 7 heteroatoms. The molecule has 1 aliphatic heterocycles. The third-order valence-electron chi connectivity index (χ3n) is 4.68. The van der Waals surface area contributed by atoms with Gasteiger partial charge in [-0.1, -0.05) is 18.2 Å². The molecular weight excluding hydrogens is 314 g/mol. The summed E-state index contributed by atoms with van der Waals surface area (Å²) in [6.07, 6.45) is 3.72. The predicted octanol–water partition coefficient (Wildman–Crippen LogP) is 1.74. The van der Waals surface area contributed by atoms with Crippen molar-refractivity contribution in [3.05, 3.63) is 42.2 Å². The highest BCUT2D eigenvalue weighted by atomic mass is 15.3. The molecule has 1 N–H and O–H groups in total. The van der Waals surface area contributed by atoms with Crippen LogP contribution in [0.2, 0.25) is 0 Å². The number of para-hydroxylation sites is 1. The molecule has 0 bridgehead atoms. The number of hydrogen-bond acceptors (Lipinski definition) is 6. The van der Waals surface area contributed by atoms with Crippen molar-refractivity contribution in [2.24, 2.45) is 0 Å². The fraction of sp³-hybridized carbons (Fsp3) is 0.389. The summed E-state index contributed by atoms with van der Waals surface area (Å²) in [4.78, 5) is 15.7. The Balaban J connectivity index is 1.42. The van der Waals surface area contributed by atoms with E-state index in [0.717, 1.165) is 50.0 Å². The Bertz CT molecular complexity index is 849. The molecule has 25 heavy (non-hydrogen) atoms. The molecule has 130 valence electrons. The lowest BCUT2D eigenvalue weighted by atomic mass is 10.1. The number of aromatic nitrogens is 4. The van der Waals surface area contributed by atoms with Crippen LogP contribution in [0.25, 0.3) is 10.9 Å². The van der Waals surface area contributed by atoms with E-state index in [4.69, 9.17) is 0 Å². The van der Waals surface area contributed by atoms with Gasteiger partial charge in [0.25, 0.3) is 0 Å².